The number of halogens is 2. The largest absolute Gasteiger partial charge is 0.317 e. The fourth-order valence-corrected chi connectivity index (χ4v) is 2.20. The van der Waals surface area contributed by atoms with E-state index in [1.807, 2.05) is 7.05 Å². The average molecular weight is 226 g/mol. The SMILES string of the molecule is CNC1CCNC(c2cc(F)ccc2F)C1. The van der Waals surface area contributed by atoms with Crippen LogP contribution >= 0.6 is 0 Å². The second kappa shape index (κ2) is 4.89. The molecule has 0 amide bonds. The van der Waals surface area contributed by atoms with Gasteiger partial charge in [-0.2, -0.15) is 0 Å². The molecule has 1 aliphatic rings. The van der Waals surface area contributed by atoms with Crippen molar-refractivity contribution in [2.45, 2.75) is 24.9 Å². The van der Waals surface area contributed by atoms with Crippen molar-refractivity contribution in [2.75, 3.05) is 13.6 Å². The van der Waals surface area contributed by atoms with Gasteiger partial charge in [0.05, 0.1) is 0 Å². The van der Waals surface area contributed by atoms with E-state index in [0.717, 1.165) is 25.5 Å². The van der Waals surface area contributed by atoms with Crippen molar-refractivity contribution < 1.29 is 8.78 Å². The Hall–Kier alpha value is -1.00. The van der Waals surface area contributed by atoms with Gasteiger partial charge in [0.25, 0.3) is 0 Å². The molecule has 1 aromatic rings. The summed E-state index contributed by atoms with van der Waals surface area (Å²) in [6, 6.07) is 3.90. The Labute approximate surface area is 94.0 Å². The minimum Gasteiger partial charge on any atom is -0.317 e. The number of piperidine rings is 1. The van der Waals surface area contributed by atoms with Crippen molar-refractivity contribution in [2.24, 2.45) is 0 Å². The Morgan fingerprint density at radius 2 is 2.19 bits per heavy atom. The predicted octanol–water partition coefficient (Wildman–Crippen LogP) is 1.98. The first-order valence-electron chi connectivity index (χ1n) is 5.56. The molecule has 2 rings (SSSR count). The summed E-state index contributed by atoms with van der Waals surface area (Å²) >= 11 is 0. The topological polar surface area (TPSA) is 24.1 Å². The summed E-state index contributed by atoms with van der Waals surface area (Å²) in [6.45, 7) is 0.826. The quantitative estimate of drug-likeness (QED) is 0.805. The van der Waals surface area contributed by atoms with Gasteiger partial charge < -0.3 is 10.6 Å². The molecule has 2 unspecified atom stereocenters. The van der Waals surface area contributed by atoms with Crippen LogP contribution in [0.25, 0.3) is 0 Å². The molecule has 1 heterocycles. The molecule has 1 fully saturated rings. The van der Waals surface area contributed by atoms with Crippen LogP contribution in [-0.2, 0) is 0 Å². The van der Waals surface area contributed by atoms with Gasteiger partial charge in [0.1, 0.15) is 11.6 Å². The molecule has 0 bridgehead atoms. The smallest absolute Gasteiger partial charge is 0.128 e. The summed E-state index contributed by atoms with van der Waals surface area (Å²) in [5.41, 5.74) is 0.431. The van der Waals surface area contributed by atoms with Gasteiger partial charge in [-0.25, -0.2) is 8.78 Å². The van der Waals surface area contributed by atoms with E-state index in [-0.39, 0.29) is 17.7 Å². The summed E-state index contributed by atoms with van der Waals surface area (Å²) in [5, 5.41) is 6.40. The fraction of sp³-hybridized carbons (Fsp3) is 0.500. The lowest BCUT2D eigenvalue weighted by molar-refractivity contribution is 0.330. The normalized spacial score (nSPS) is 25.7. The second-order valence-electron chi connectivity index (χ2n) is 4.18. The zero-order valence-corrected chi connectivity index (χ0v) is 9.26. The molecule has 1 aromatic carbocycles. The third-order valence-corrected chi connectivity index (χ3v) is 3.15. The van der Waals surface area contributed by atoms with Crippen molar-refractivity contribution in [3.05, 3.63) is 35.4 Å². The standard InChI is InChI=1S/C12H16F2N2/c1-15-9-4-5-16-12(7-9)10-6-8(13)2-3-11(10)14/h2-3,6,9,12,15-16H,4-5,7H2,1H3. The third-order valence-electron chi connectivity index (χ3n) is 3.15. The van der Waals surface area contributed by atoms with Gasteiger partial charge in [-0.3, -0.25) is 0 Å². The average Bonchev–Trinajstić information content (AvgIpc) is 2.32. The van der Waals surface area contributed by atoms with Gasteiger partial charge in [-0.1, -0.05) is 0 Å². The lowest BCUT2D eigenvalue weighted by atomic mass is 9.93. The van der Waals surface area contributed by atoms with E-state index in [1.165, 1.54) is 12.1 Å². The maximum atomic E-state index is 13.6. The first-order chi connectivity index (χ1) is 7.70. The molecular formula is C12H16F2N2. The summed E-state index contributed by atoms with van der Waals surface area (Å²) in [6.07, 6.45) is 1.81. The summed E-state index contributed by atoms with van der Waals surface area (Å²) in [5.74, 6) is -0.722. The van der Waals surface area contributed by atoms with Crippen molar-refractivity contribution in [3.8, 4) is 0 Å². The van der Waals surface area contributed by atoms with Gasteiger partial charge >= 0.3 is 0 Å². The highest BCUT2D eigenvalue weighted by atomic mass is 19.1. The van der Waals surface area contributed by atoms with E-state index >= 15 is 0 Å². The van der Waals surface area contributed by atoms with Crippen LogP contribution in [0.3, 0.4) is 0 Å². The molecule has 88 valence electrons. The molecule has 2 atom stereocenters. The molecule has 2 nitrogen and oxygen atoms in total. The summed E-state index contributed by atoms with van der Waals surface area (Å²) in [7, 11) is 1.90. The maximum Gasteiger partial charge on any atom is 0.128 e. The Balaban J connectivity index is 2.19. The van der Waals surface area contributed by atoms with Crippen LogP contribution in [0, 0.1) is 11.6 Å². The zero-order chi connectivity index (χ0) is 11.5. The minimum absolute atomic E-state index is 0.0955. The molecule has 1 aliphatic heterocycles. The fourth-order valence-electron chi connectivity index (χ4n) is 2.20. The van der Waals surface area contributed by atoms with E-state index in [0.29, 0.717) is 11.6 Å². The van der Waals surface area contributed by atoms with Gasteiger partial charge in [0.15, 0.2) is 0 Å². The van der Waals surface area contributed by atoms with E-state index in [9.17, 15) is 8.78 Å². The van der Waals surface area contributed by atoms with Crippen LogP contribution in [0.1, 0.15) is 24.4 Å². The van der Waals surface area contributed by atoms with Crippen molar-refractivity contribution in [3.63, 3.8) is 0 Å². The molecule has 0 aliphatic carbocycles. The van der Waals surface area contributed by atoms with Crippen molar-refractivity contribution in [1.82, 2.24) is 10.6 Å². The number of hydrogen-bond donors (Lipinski definition) is 2. The Morgan fingerprint density at radius 1 is 1.38 bits per heavy atom. The number of rotatable bonds is 2. The maximum absolute atomic E-state index is 13.6. The third kappa shape index (κ3) is 2.39. The van der Waals surface area contributed by atoms with E-state index in [1.54, 1.807) is 0 Å². The lowest BCUT2D eigenvalue weighted by Crippen LogP contribution is -2.40. The van der Waals surface area contributed by atoms with Crippen LogP contribution in [0.15, 0.2) is 18.2 Å². The van der Waals surface area contributed by atoms with Crippen LogP contribution in [0.5, 0.6) is 0 Å². The second-order valence-corrected chi connectivity index (χ2v) is 4.18. The first kappa shape index (κ1) is 11.5. The monoisotopic (exact) mass is 226 g/mol. The highest BCUT2D eigenvalue weighted by Crippen LogP contribution is 2.25. The number of hydrogen-bond acceptors (Lipinski definition) is 2. The van der Waals surface area contributed by atoms with E-state index < -0.39 is 0 Å². The molecule has 16 heavy (non-hydrogen) atoms. The zero-order valence-electron chi connectivity index (χ0n) is 9.26. The van der Waals surface area contributed by atoms with Crippen LogP contribution in [0.2, 0.25) is 0 Å². The summed E-state index contributed by atoms with van der Waals surface area (Å²) in [4.78, 5) is 0. The van der Waals surface area contributed by atoms with Crippen molar-refractivity contribution in [1.29, 1.82) is 0 Å². The molecule has 4 heteroatoms. The first-order valence-corrected chi connectivity index (χ1v) is 5.56. The highest BCUT2D eigenvalue weighted by Gasteiger charge is 2.23. The Morgan fingerprint density at radius 3 is 2.94 bits per heavy atom. The molecule has 0 aromatic heterocycles. The number of benzene rings is 1. The van der Waals surface area contributed by atoms with Crippen molar-refractivity contribution >= 4 is 0 Å². The van der Waals surface area contributed by atoms with E-state index in [4.69, 9.17) is 0 Å². The Kier molecular flexibility index (Phi) is 3.51. The van der Waals surface area contributed by atoms with Gasteiger partial charge in [0, 0.05) is 17.6 Å². The molecular weight excluding hydrogens is 210 g/mol. The molecule has 1 saturated heterocycles. The molecule has 0 saturated carbocycles. The minimum atomic E-state index is -0.384. The highest BCUT2D eigenvalue weighted by molar-refractivity contribution is 5.23. The molecule has 0 radical (unpaired) electrons. The van der Waals surface area contributed by atoms with Gasteiger partial charge in [-0.05, 0) is 44.6 Å². The molecule has 0 spiro atoms. The van der Waals surface area contributed by atoms with Gasteiger partial charge in [0.2, 0.25) is 0 Å². The predicted molar refractivity (Wildman–Crippen MR) is 59.2 cm³/mol. The van der Waals surface area contributed by atoms with Crippen LogP contribution in [0.4, 0.5) is 8.78 Å². The summed E-state index contributed by atoms with van der Waals surface area (Å²) < 4.78 is 26.6. The Bertz CT molecular complexity index is 368. The van der Waals surface area contributed by atoms with Gasteiger partial charge in [-0.15, -0.1) is 0 Å². The van der Waals surface area contributed by atoms with Crippen LogP contribution < -0.4 is 10.6 Å². The number of nitrogens with one attached hydrogen (secondary N) is 2. The van der Waals surface area contributed by atoms with E-state index in [2.05, 4.69) is 10.6 Å². The molecule has 2 N–H and O–H groups in total. The van der Waals surface area contributed by atoms with Crippen LogP contribution in [-0.4, -0.2) is 19.6 Å². The lowest BCUT2D eigenvalue weighted by Gasteiger charge is -2.30.